The Morgan fingerprint density at radius 2 is 1.84 bits per heavy atom. The predicted octanol–water partition coefficient (Wildman–Crippen LogP) is 4.54. The molecule has 0 aliphatic carbocycles. The highest BCUT2D eigenvalue weighted by Gasteiger charge is 2.21. The molecule has 136 valence electrons. The maximum Gasteiger partial charge on any atom is 0.229 e. The lowest BCUT2D eigenvalue weighted by molar-refractivity contribution is -0.123. The second-order valence-electron chi connectivity index (χ2n) is 8.55. The van der Waals surface area contributed by atoms with Crippen LogP contribution in [-0.4, -0.2) is 15.7 Å². The molecule has 1 aromatic carbocycles. The van der Waals surface area contributed by atoms with Crippen LogP contribution in [0.15, 0.2) is 30.6 Å². The normalized spacial score (nSPS) is 12.1. The zero-order chi connectivity index (χ0) is 18.8. The van der Waals surface area contributed by atoms with Gasteiger partial charge in [0.05, 0.1) is 11.7 Å². The van der Waals surface area contributed by atoms with Gasteiger partial charge >= 0.3 is 0 Å². The molecule has 0 saturated carbocycles. The minimum Gasteiger partial charge on any atom is -0.381 e. The van der Waals surface area contributed by atoms with Crippen LogP contribution < -0.4 is 10.6 Å². The van der Waals surface area contributed by atoms with Crippen molar-refractivity contribution in [1.29, 1.82) is 0 Å². The molecule has 0 spiro atoms. The highest BCUT2D eigenvalue weighted by molar-refractivity contribution is 5.95. The van der Waals surface area contributed by atoms with Crippen LogP contribution in [0, 0.1) is 12.3 Å². The summed E-state index contributed by atoms with van der Waals surface area (Å²) in [4.78, 5) is 12.2. The van der Waals surface area contributed by atoms with E-state index >= 15 is 0 Å². The first-order valence-electron chi connectivity index (χ1n) is 8.67. The van der Waals surface area contributed by atoms with Crippen molar-refractivity contribution >= 4 is 17.3 Å². The first kappa shape index (κ1) is 19.0. The summed E-state index contributed by atoms with van der Waals surface area (Å²) in [5, 5.41) is 10.8. The molecule has 1 aromatic heterocycles. The molecule has 0 fully saturated rings. The van der Waals surface area contributed by atoms with Gasteiger partial charge in [-0.3, -0.25) is 9.48 Å². The van der Waals surface area contributed by atoms with Crippen LogP contribution in [0.2, 0.25) is 0 Å². The van der Waals surface area contributed by atoms with Crippen LogP contribution in [0.3, 0.4) is 0 Å². The molecule has 0 saturated heterocycles. The van der Waals surface area contributed by atoms with Gasteiger partial charge in [-0.1, -0.05) is 26.8 Å². The number of carbonyl (C=O) groups excluding carboxylic acids is 1. The molecule has 0 aliphatic rings. The number of amides is 1. The predicted molar refractivity (Wildman–Crippen MR) is 104 cm³/mol. The average molecular weight is 342 g/mol. The minimum absolute atomic E-state index is 0.0132. The molecule has 25 heavy (non-hydrogen) atoms. The quantitative estimate of drug-likeness (QED) is 0.857. The standard InChI is InChI=1S/C20H30N4O/c1-14-8-9-16(10-17(14)23-18(25)19(2,3)4)21-11-15-12-22-24(13-15)20(5,6)7/h8-10,12-13,21H,11H2,1-7H3,(H,23,25). The lowest BCUT2D eigenvalue weighted by atomic mass is 9.95. The lowest BCUT2D eigenvalue weighted by Gasteiger charge is -2.19. The molecule has 0 bridgehead atoms. The Morgan fingerprint density at radius 3 is 2.40 bits per heavy atom. The van der Waals surface area contributed by atoms with Gasteiger partial charge in [0.15, 0.2) is 0 Å². The highest BCUT2D eigenvalue weighted by atomic mass is 16.2. The summed E-state index contributed by atoms with van der Waals surface area (Å²) in [5.74, 6) is 0.0132. The second kappa shape index (κ2) is 6.90. The summed E-state index contributed by atoms with van der Waals surface area (Å²) >= 11 is 0. The first-order valence-corrected chi connectivity index (χ1v) is 8.67. The third-order valence-electron chi connectivity index (χ3n) is 3.99. The fraction of sp³-hybridized carbons (Fsp3) is 0.500. The van der Waals surface area contributed by atoms with E-state index in [1.807, 2.05) is 56.8 Å². The van der Waals surface area contributed by atoms with Gasteiger partial charge in [0, 0.05) is 35.1 Å². The molecule has 0 radical (unpaired) electrons. The second-order valence-corrected chi connectivity index (χ2v) is 8.55. The summed E-state index contributed by atoms with van der Waals surface area (Å²) in [6.45, 7) is 14.8. The van der Waals surface area contributed by atoms with E-state index in [4.69, 9.17) is 0 Å². The maximum atomic E-state index is 12.2. The van der Waals surface area contributed by atoms with E-state index in [1.54, 1.807) is 0 Å². The zero-order valence-electron chi connectivity index (χ0n) is 16.4. The Kier molecular flexibility index (Phi) is 5.26. The maximum absolute atomic E-state index is 12.2. The number of benzene rings is 1. The number of nitrogens with one attached hydrogen (secondary N) is 2. The van der Waals surface area contributed by atoms with Gasteiger partial charge < -0.3 is 10.6 Å². The van der Waals surface area contributed by atoms with Crippen LogP contribution in [0.25, 0.3) is 0 Å². The van der Waals surface area contributed by atoms with Crippen LogP contribution in [-0.2, 0) is 16.9 Å². The molecule has 1 amide bonds. The van der Waals surface area contributed by atoms with Crippen LogP contribution in [0.5, 0.6) is 0 Å². The van der Waals surface area contributed by atoms with E-state index in [0.717, 1.165) is 22.5 Å². The smallest absolute Gasteiger partial charge is 0.229 e. The largest absolute Gasteiger partial charge is 0.381 e. The summed E-state index contributed by atoms with van der Waals surface area (Å²) in [7, 11) is 0. The summed E-state index contributed by atoms with van der Waals surface area (Å²) in [5.41, 5.74) is 3.54. The monoisotopic (exact) mass is 342 g/mol. The van der Waals surface area contributed by atoms with Crippen molar-refractivity contribution in [3.05, 3.63) is 41.7 Å². The Morgan fingerprint density at radius 1 is 1.16 bits per heavy atom. The van der Waals surface area contributed by atoms with Crippen molar-refractivity contribution in [2.75, 3.05) is 10.6 Å². The van der Waals surface area contributed by atoms with Crippen molar-refractivity contribution < 1.29 is 4.79 Å². The molecule has 5 nitrogen and oxygen atoms in total. The van der Waals surface area contributed by atoms with Crippen LogP contribution in [0.1, 0.15) is 52.7 Å². The third kappa shape index (κ3) is 5.08. The van der Waals surface area contributed by atoms with Gasteiger partial charge in [0.1, 0.15) is 0 Å². The number of aromatic nitrogens is 2. The molecule has 0 aliphatic heterocycles. The van der Waals surface area contributed by atoms with E-state index in [9.17, 15) is 4.79 Å². The van der Waals surface area contributed by atoms with Gasteiger partial charge in [-0.25, -0.2) is 0 Å². The summed E-state index contributed by atoms with van der Waals surface area (Å²) in [6.07, 6.45) is 3.94. The molecule has 2 N–H and O–H groups in total. The van der Waals surface area contributed by atoms with Crippen molar-refractivity contribution in [2.24, 2.45) is 5.41 Å². The molecular formula is C20H30N4O. The van der Waals surface area contributed by atoms with Crippen LogP contribution >= 0.6 is 0 Å². The molecule has 5 heteroatoms. The Labute approximate surface area is 150 Å². The molecule has 1 heterocycles. The summed E-state index contributed by atoms with van der Waals surface area (Å²) in [6, 6.07) is 6.02. The number of carbonyl (C=O) groups is 1. The Bertz CT molecular complexity index is 748. The van der Waals surface area contributed by atoms with Gasteiger partial charge in [0.2, 0.25) is 5.91 Å². The first-order chi connectivity index (χ1) is 11.5. The minimum atomic E-state index is -0.419. The van der Waals surface area contributed by atoms with E-state index in [0.29, 0.717) is 6.54 Å². The fourth-order valence-corrected chi connectivity index (χ4v) is 2.20. The van der Waals surface area contributed by atoms with Crippen molar-refractivity contribution in [1.82, 2.24) is 9.78 Å². The lowest BCUT2D eigenvalue weighted by Crippen LogP contribution is -2.27. The molecule has 0 unspecified atom stereocenters. The number of aryl methyl sites for hydroxylation is 1. The average Bonchev–Trinajstić information content (AvgIpc) is 2.96. The Balaban J connectivity index is 2.07. The van der Waals surface area contributed by atoms with E-state index < -0.39 is 5.41 Å². The topological polar surface area (TPSA) is 59.0 Å². The Hall–Kier alpha value is -2.30. The number of hydrogen-bond acceptors (Lipinski definition) is 3. The zero-order valence-corrected chi connectivity index (χ0v) is 16.4. The molecule has 2 aromatic rings. The van der Waals surface area contributed by atoms with Crippen molar-refractivity contribution in [2.45, 2.75) is 60.5 Å². The van der Waals surface area contributed by atoms with E-state index in [1.165, 1.54) is 0 Å². The number of rotatable bonds is 4. The van der Waals surface area contributed by atoms with Gasteiger partial charge in [-0.2, -0.15) is 5.10 Å². The van der Waals surface area contributed by atoms with Gasteiger partial charge in [0.25, 0.3) is 0 Å². The van der Waals surface area contributed by atoms with Crippen molar-refractivity contribution in [3.63, 3.8) is 0 Å². The van der Waals surface area contributed by atoms with Crippen LogP contribution in [0.4, 0.5) is 11.4 Å². The van der Waals surface area contributed by atoms with Gasteiger partial charge in [-0.05, 0) is 45.4 Å². The molecule has 2 rings (SSSR count). The van der Waals surface area contributed by atoms with Crippen molar-refractivity contribution in [3.8, 4) is 0 Å². The fourth-order valence-electron chi connectivity index (χ4n) is 2.20. The molecular weight excluding hydrogens is 312 g/mol. The number of anilines is 2. The number of nitrogens with zero attached hydrogens (tertiary/aromatic N) is 2. The SMILES string of the molecule is Cc1ccc(NCc2cnn(C(C)(C)C)c2)cc1NC(=O)C(C)(C)C. The van der Waals surface area contributed by atoms with Gasteiger partial charge in [-0.15, -0.1) is 0 Å². The number of hydrogen-bond donors (Lipinski definition) is 2. The molecule has 0 atom stereocenters. The highest BCUT2D eigenvalue weighted by Crippen LogP contribution is 2.24. The third-order valence-corrected chi connectivity index (χ3v) is 3.99. The van der Waals surface area contributed by atoms with E-state index in [-0.39, 0.29) is 11.4 Å². The summed E-state index contributed by atoms with van der Waals surface area (Å²) < 4.78 is 1.97. The van der Waals surface area contributed by atoms with E-state index in [2.05, 4.69) is 42.7 Å².